The fourth-order valence-corrected chi connectivity index (χ4v) is 4.46. The number of likely N-dealkylation sites (N-methyl/N-ethyl adjacent to an activating group) is 1. The second kappa shape index (κ2) is 8.28. The van der Waals surface area contributed by atoms with Crippen molar-refractivity contribution in [1.29, 1.82) is 0 Å². The van der Waals surface area contributed by atoms with Crippen molar-refractivity contribution in [3.8, 4) is 0 Å². The molecule has 1 aliphatic heterocycles. The Hall–Kier alpha value is -2.10. The number of thioether (sulfide) groups is 1. The summed E-state index contributed by atoms with van der Waals surface area (Å²) in [6, 6.07) is 7.01. The number of amides is 2. The Morgan fingerprint density at radius 2 is 2.00 bits per heavy atom. The number of hydrogen-bond donors (Lipinski definition) is 1. The summed E-state index contributed by atoms with van der Waals surface area (Å²) in [5.74, 6) is 0.135. The van der Waals surface area contributed by atoms with Gasteiger partial charge in [-0.2, -0.15) is 0 Å². The maximum atomic E-state index is 12.4. The molecule has 3 rings (SSSR count). The topological polar surface area (TPSA) is 75.2 Å². The zero-order valence-corrected chi connectivity index (χ0v) is 17.5. The highest BCUT2D eigenvalue weighted by Crippen LogP contribution is 2.31. The average Bonchev–Trinajstić information content (AvgIpc) is 3.15. The van der Waals surface area contributed by atoms with E-state index in [1.165, 1.54) is 28.0 Å². The molecule has 2 aromatic rings. The molecule has 0 spiro atoms. The third-order valence-electron chi connectivity index (χ3n) is 3.73. The summed E-state index contributed by atoms with van der Waals surface area (Å²) < 4.78 is 0.538. The standard InChI is InChI=1S/C18H18N4O2S3/c1-10(2)8-14-20-21-17(27-14)19-15(23)12-6-4-11(5-7-12)9-13-16(24)22(3)18(25)26-13/h4-7,9-10H,8H2,1-3H3,(H,19,21,23). The van der Waals surface area contributed by atoms with Gasteiger partial charge in [0.15, 0.2) is 0 Å². The van der Waals surface area contributed by atoms with Crippen LogP contribution >= 0.6 is 35.3 Å². The Balaban J connectivity index is 1.66. The van der Waals surface area contributed by atoms with Crippen molar-refractivity contribution < 1.29 is 9.59 Å². The lowest BCUT2D eigenvalue weighted by Gasteiger charge is -2.04. The number of benzene rings is 1. The van der Waals surface area contributed by atoms with Gasteiger partial charge in [-0.05, 0) is 29.7 Å². The van der Waals surface area contributed by atoms with Crippen LogP contribution in [-0.4, -0.2) is 38.3 Å². The van der Waals surface area contributed by atoms with E-state index in [0.717, 1.165) is 17.0 Å². The molecule has 0 saturated carbocycles. The van der Waals surface area contributed by atoms with Crippen molar-refractivity contribution in [1.82, 2.24) is 15.1 Å². The summed E-state index contributed by atoms with van der Waals surface area (Å²) in [6.45, 7) is 4.22. The van der Waals surface area contributed by atoms with Crippen molar-refractivity contribution in [3.05, 3.63) is 45.3 Å². The zero-order chi connectivity index (χ0) is 19.6. The van der Waals surface area contributed by atoms with Crippen molar-refractivity contribution in [2.24, 2.45) is 5.92 Å². The van der Waals surface area contributed by atoms with E-state index in [1.54, 1.807) is 37.4 Å². The largest absolute Gasteiger partial charge is 0.296 e. The fraction of sp³-hybridized carbons (Fsp3) is 0.278. The van der Waals surface area contributed by atoms with Crippen LogP contribution in [-0.2, 0) is 11.2 Å². The number of thiocarbonyl (C=S) groups is 1. The number of rotatable bonds is 5. The van der Waals surface area contributed by atoms with Gasteiger partial charge in [-0.3, -0.25) is 19.8 Å². The second-order valence-electron chi connectivity index (χ2n) is 6.42. The van der Waals surface area contributed by atoms with Crippen LogP contribution in [0.3, 0.4) is 0 Å². The van der Waals surface area contributed by atoms with Gasteiger partial charge in [-0.15, -0.1) is 10.2 Å². The number of nitrogens with one attached hydrogen (secondary N) is 1. The Bertz CT molecular complexity index is 919. The first-order chi connectivity index (χ1) is 12.8. The molecule has 1 aromatic heterocycles. The van der Waals surface area contributed by atoms with Crippen LogP contribution in [0.15, 0.2) is 29.2 Å². The van der Waals surface area contributed by atoms with E-state index >= 15 is 0 Å². The molecule has 6 nitrogen and oxygen atoms in total. The minimum Gasteiger partial charge on any atom is -0.296 e. The summed E-state index contributed by atoms with van der Waals surface area (Å²) in [5, 5.41) is 12.3. The molecule has 0 atom stereocenters. The minimum absolute atomic E-state index is 0.111. The van der Waals surface area contributed by atoms with Crippen LogP contribution in [0.4, 0.5) is 5.13 Å². The predicted octanol–water partition coefficient (Wildman–Crippen LogP) is 3.82. The third-order valence-corrected chi connectivity index (χ3v) is 6.07. The lowest BCUT2D eigenvalue weighted by molar-refractivity contribution is -0.121. The Morgan fingerprint density at radius 3 is 2.59 bits per heavy atom. The molecule has 2 heterocycles. The third kappa shape index (κ3) is 4.79. The predicted molar refractivity (Wildman–Crippen MR) is 114 cm³/mol. The highest BCUT2D eigenvalue weighted by atomic mass is 32.2. The van der Waals surface area contributed by atoms with E-state index in [9.17, 15) is 9.59 Å². The van der Waals surface area contributed by atoms with Crippen LogP contribution in [0, 0.1) is 5.92 Å². The van der Waals surface area contributed by atoms with Crippen LogP contribution in [0.25, 0.3) is 6.08 Å². The quantitative estimate of drug-likeness (QED) is 0.588. The Kier molecular flexibility index (Phi) is 6.03. The lowest BCUT2D eigenvalue weighted by atomic mass is 10.1. The first-order valence-electron chi connectivity index (χ1n) is 8.29. The van der Waals surface area contributed by atoms with Crippen LogP contribution in [0.2, 0.25) is 0 Å². The first kappa shape index (κ1) is 19.7. The van der Waals surface area contributed by atoms with Gasteiger partial charge in [-0.25, -0.2) is 0 Å². The number of nitrogens with zero attached hydrogens (tertiary/aromatic N) is 3. The SMILES string of the molecule is CC(C)Cc1nnc(NC(=O)c2ccc(C=C3SC(=S)N(C)C3=O)cc2)s1. The number of carbonyl (C=O) groups is 2. The average molecular weight is 419 g/mol. The van der Waals surface area contributed by atoms with Gasteiger partial charge in [0.1, 0.15) is 9.33 Å². The van der Waals surface area contributed by atoms with E-state index in [2.05, 4.69) is 29.4 Å². The second-order valence-corrected chi connectivity index (χ2v) is 9.15. The van der Waals surface area contributed by atoms with Crippen LogP contribution in [0.5, 0.6) is 0 Å². The van der Waals surface area contributed by atoms with E-state index in [0.29, 0.717) is 25.8 Å². The van der Waals surface area contributed by atoms with Crippen molar-refractivity contribution in [2.45, 2.75) is 20.3 Å². The maximum absolute atomic E-state index is 12.4. The van der Waals surface area contributed by atoms with Gasteiger partial charge < -0.3 is 0 Å². The fourth-order valence-electron chi connectivity index (χ4n) is 2.33. The Morgan fingerprint density at radius 1 is 1.30 bits per heavy atom. The minimum atomic E-state index is -0.242. The summed E-state index contributed by atoms with van der Waals surface area (Å²) >= 11 is 7.78. The van der Waals surface area contributed by atoms with Gasteiger partial charge in [0.05, 0.1) is 4.91 Å². The monoisotopic (exact) mass is 418 g/mol. The molecule has 1 saturated heterocycles. The molecule has 1 aliphatic rings. The van der Waals surface area contributed by atoms with Crippen LogP contribution < -0.4 is 5.32 Å². The molecule has 2 amide bonds. The van der Waals surface area contributed by atoms with E-state index in [4.69, 9.17) is 12.2 Å². The molecule has 0 unspecified atom stereocenters. The van der Waals surface area contributed by atoms with Gasteiger partial charge >= 0.3 is 0 Å². The summed E-state index contributed by atoms with van der Waals surface area (Å²) in [7, 11) is 1.66. The number of anilines is 1. The molecule has 1 fully saturated rings. The highest BCUT2D eigenvalue weighted by molar-refractivity contribution is 8.26. The van der Waals surface area contributed by atoms with E-state index in [-0.39, 0.29) is 11.8 Å². The van der Waals surface area contributed by atoms with E-state index in [1.807, 2.05) is 0 Å². The van der Waals surface area contributed by atoms with Gasteiger partial charge in [0, 0.05) is 19.0 Å². The number of carbonyl (C=O) groups excluding carboxylic acids is 2. The molecule has 1 aromatic carbocycles. The molecular formula is C18H18N4O2S3. The molecule has 27 heavy (non-hydrogen) atoms. The maximum Gasteiger partial charge on any atom is 0.265 e. The summed E-state index contributed by atoms with van der Waals surface area (Å²) in [5.41, 5.74) is 1.34. The van der Waals surface area contributed by atoms with Crippen molar-refractivity contribution in [2.75, 3.05) is 12.4 Å². The molecule has 0 bridgehead atoms. The lowest BCUT2D eigenvalue weighted by Crippen LogP contribution is -2.22. The highest BCUT2D eigenvalue weighted by Gasteiger charge is 2.28. The van der Waals surface area contributed by atoms with Crippen LogP contribution in [0.1, 0.15) is 34.8 Å². The van der Waals surface area contributed by atoms with E-state index < -0.39 is 0 Å². The zero-order valence-electron chi connectivity index (χ0n) is 15.1. The summed E-state index contributed by atoms with van der Waals surface area (Å²) in [6.07, 6.45) is 2.61. The van der Waals surface area contributed by atoms with Gasteiger partial charge in [0.25, 0.3) is 11.8 Å². The summed E-state index contributed by atoms with van der Waals surface area (Å²) in [4.78, 5) is 26.4. The molecule has 0 aliphatic carbocycles. The molecule has 1 N–H and O–H groups in total. The molecule has 9 heteroatoms. The molecular weight excluding hydrogens is 400 g/mol. The number of hydrogen-bond acceptors (Lipinski definition) is 7. The molecule has 0 radical (unpaired) electrons. The molecule has 140 valence electrons. The normalized spacial score (nSPS) is 15.9. The first-order valence-corrected chi connectivity index (χ1v) is 10.3. The number of aromatic nitrogens is 2. The van der Waals surface area contributed by atoms with Crippen molar-refractivity contribution >= 4 is 62.7 Å². The smallest absolute Gasteiger partial charge is 0.265 e. The van der Waals surface area contributed by atoms with Crippen molar-refractivity contribution in [3.63, 3.8) is 0 Å². The van der Waals surface area contributed by atoms with Gasteiger partial charge in [0.2, 0.25) is 5.13 Å². The van der Waals surface area contributed by atoms with Gasteiger partial charge in [-0.1, -0.05) is 61.3 Å². The Labute approximate surface area is 171 Å².